The molecule has 9 heteroatoms. The summed E-state index contributed by atoms with van der Waals surface area (Å²) in [7, 11) is 1.44. The Kier molecular flexibility index (Phi) is 5.20. The van der Waals surface area contributed by atoms with Crippen molar-refractivity contribution in [1.29, 1.82) is 0 Å². The van der Waals surface area contributed by atoms with Crippen molar-refractivity contribution in [2.24, 2.45) is 12.1 Å². The largest absolute Gasteiger partial charge is 0.434 e. The molecule has 0 unspecified atom stereocenters. The van der Waals surface area contributed by atoms with Crippen molar-refractivity contribution in [2.75, 3.05) is 0 Å². The second-order valence-corrected chi connectivity index (χ2v) is 5.44. The third kappa shape index (κ3) is 3.97. The van der Waals surface area contributed by atoms with Gasteiger partial charge in [0.25, 0.3) is 11.5 Å². The molecule has 0 saturated heterocycles. The van der Waals surface area contributed by atoms with Gasteiger partial charge in [0.15, 0.2) is 5.69 Å². The number of hydrazone groups is 1. The van der Waals surface area contributed by atoms with E-state index in [0.29, 0.717) is 10.8 Å². The first-order valence-electron chi connectivity index (χ1n) is 7.80. The Morgan fingerprint density at radius 1 is 1.19 bits per heavy atom. The predicted molar refractivity (Wildman–Crippen MR) is 95.1 cm³/mol. The van der Waals surface area contributed by atoms with Crippen LogP contribution in [0.3, 0.4) is 0 Å². The van der Waals surface area contributed by atoms with Crippen LogP contribution in [0, 0.1) is 0 Å². The normalized spacial score (nSPS) is 11.3. The van der Waals surface area contributed by atoms with E-state index in [4.69, 9.17) is 0 Å². The van der Waals surface area contributed by atoms with Crippen molar-refractivity contribution in [3.8, 4) is 5.75 Å². The van der Waals surface area contributed by atoms with Crippen LogP contribution in [0.2, 0.25) is 0 Å². The molecule has 138 valence electrons. The monoisotopic (exact) mass is 372 g/mol. The molecule has 1 N–H and O–H groups in total. The predicted octanol–water partition coefficient (Wildman–Crippen LogP) is 2.30. The van der Waals surface area contributed by atoms with Gasteiger partial charge in [-0.05, 0) is 18.2 Å². The van der Waals surface area contributed by atoms with Crippen LogP contribution >= 0.6 is 0 Å². The van der Waals surface area contributed by atoms with E-state index in [1.807, 2.05) is 0 Å². The lowest BCUT2D eigenvalue weighted by Gasteiger charge is -2.08. The average Bonchev–Trinajstić information content (AvgIpc) is 2.65. The maximum absolute atomic E-state index is 12.4. The number of halogens is 2. The maximum Gasteiger partial charge on any atom is 0.387 e. The number of alkyl halides is 2. The van der Waals surface area contributed by atoms with Gasteiger partial charge < -0.3 is 4.74 Å². The number of carbonyl (C=O) groups excluding carboxylic acids is 1. The molecule has 1 aromatic heterocycles. The molecular formula is C18H14F2N4O3. The summed E-state index contributed by atoms with van der Waals surface area (Å²) in [5.41, 5.74) is 2.22. The van der Waals surface area contributed by atoms with Gasteiger partial charge in [-0.2, -0.15) is 19.0 Å². The molecule has 0 bridgehead atoms. The molecule has 27 heavy (non-hydrogen) atoms. The topological polar surface area (TPSA) is 85.6 Å². The van der Waals surface area contributed by atoms with Gasteiger partial charge in [0, 0.05) is 18.0 Å². The van der Waals surface area contributed by atoms with E-state index >= 15 is 0 Å². The van der Waals surface area contributed by atoms with E-state index in [9.17, 15) is 18.4 Å². The summed E-state index contributed by atoms with van der Waals surface area (Å²) in [4.78, 5) is 24.5. The van der Waals surface area contributed by atoms with Crippen molar-refractivity contribution in [3.63, 3.8) is 0 Å². The Balaban J connectivity index is 1.86. The van der Waals surface area contributed by atoms with Crippen LogP contribution in [0.5, 0.6) is 5.75 Å². The van der Waals surface area contributed by atoms with Gasteiger partial charge in [0.2, 0.25) is 0 Å². The van der Waals surface area contributed by atoms with Gasteiger partial charge in [-0.15, -0.1) is 0 Å². The summed E-state index contributed by atoms with van der Waals surface area (Å²) in [6.45, 7) is -2.98. The lowest BCUT2D eigenvalue weighted by Crippen LogP contribution is -2.27. The van der Waals surface area contributed by atoms with Crippen LogP contribution in [0.4, 0.5) is 8.78 Å². The van der Waals surface area contributed by atoms with Crippen LogP contribution in [-0.4, -0.2) is 28.5 Å². The third-order valence-electron chi connectivity index (χ3n) is 3.68. The van der Waals surface area contributed by atoms with Crippen molar-refractivity contribution in [1.82, 2.24) is 15.2 Å². The van der Waals surface area contributed by atoms with Gasteiger partial charge in [0.1, 0.15) is 5.75 Å². The first kappa shape index (κ1) is 18.2. The van der Waals surface area contributed by atoms with Gasteiger partial charge >= 0.3 is 6.61 Å². The van der Waals surface area contributed by atoms with Crippen LogP contribution in [0.15, 0.2) is 58.4 Å². The fraction of sp³-hybridized carbons (Fsp3) is 0.111. The number of nitrogens with one attached hydrogen (secondary N) is 1. The summed E-state index contributed by atoms with van der Waals surface area (Å²) < 4.78 is 30.3. The van der Waals surface area contributed by atoms with Crippen LogP contribution in [0.25, 0.3) is 10.8 Å². The first-order valence-corrected chi connectivity index (χ1v) is 7.80. The molecule has 0 aliphatic heterocycles. The molecule has 0 saturated carbocycles. The standard InChI is InChI=1S/C18H14F2N4O3/c1-24-17(26)13-8-4-3-7-12(13)15(23-24)16(25)22-21-10-11-6-2-5-9-14(11)27-18(19)20/h2-10,18H,1H3,(H,22,25). The molecule has 0 aliphatic rings. The van der Waals surface area contributed by atoms with Crippen LogP contribution < -0.4 is 15.7 Å². The number of aryl methyl sites for hydroxylation is 1. The van der Waals surface area contributed by atoms with E-state index in [1.54, 1.807) is 30.3 Å². The molecule has 0 atom stereocenters. The molecule has 0 aliphatic carbocycles. The molecule has 0 fully saturated rings. The van der Waals surface area contributed by atoms with Gasteiger partial charge in [-0.3, -0.25) is 9.59 Å². The summed E-state index contributed by atoms with van der Waals surface area (Å²) in [5, 5.41) is 8.48. The zero-order chi connectivity index (χ0) is 19.4. The van der Waals surface area contributed by atoms with Crippen molar-refractivity contribution >= 4 is 22.9 Å². The highest BCUT2D eigenvalue weighted by atomic mass is 19.3. The highest BCUT2D eigenvalue weighted by Gasteiger charge is 2.15. The Bertz CT molecular complexity index is 1080. The Labute approximate surface area is 151 Å². The van der Waals surface area contributed by atoms with Crippen molar-refractivity contribution < 1.29 is 18.3 Å². The van der Waals surface area contributed by atoms with Gasteiger partial charge in [0.05, 0.1) is 11.6 Å². The molecule has 0 spiro atoms. The number of carbonyl (C=O) groups is 1. The number of rotatable bonds is 5. The maximum atomic E-state index is 12.4. The molecule has 3 rings (SSSR count). The van der Waals surface area contributed by atoms with E-state index in [0.717, 1.165) is 4.68 Å². The van der Waals surface area contributed by atoms with E-state index < -0.39 is 12.5 Å². The molecule has 7 nitrogen and oxygen atoms in total. The smallest absolute Gasteiger partial charge is 0.387 e. The second kappa shape index (κ2) is 7.73. The molecule has 1 amide bonds. The molecule has 3 aromatic rings. The molecule has 0 radical (unpaired) electrons. The molecule has 1 heterocycles. The Hall–Kier alpha value is -3.62. The third-order valence-corrected chi connectivity index (χ3v) is 3.68. The zero-order valence-corrected chi connectivity index (χ0v) is 14.1. The van der Waals surface area contributed by atoms with Crippen LogP contribution in [-0.2, 0) is 7.05 Å². The summed E-state index contributed by atoms with van der Waals surface area (Å²) >= 11 is 0. The van der Waals surface area contributed by atoms with E-state index in [2.05, 4.69) is 20.4 Å². The molecule has 2 aromatic carbocycles. The lowest BCUT2D eigenvalue weighted by atomic mass is 10.1. The highest BCUT2D eigenvalue weighted by molar-refractivity contribution is 6.05. The second-order valence-electron chi connectivity index (χ2n) is 5.44. The van der Waals surface area contributed by atoms with Gasteiger partial charge in [-0.25, -0.2) is 10.1 Å². The molecular weight excluding hydrogens is 358 g/mol. The number of para-hydroxylation sites is 1. The fourth-order valence-electron chi connectivity index (χ4n) is 2.47. The first-order chi connectivity index (χ1) is 13.0. The number of amides is 1. The number of aromatic nitrogens is 2. The minimum Gasteiger partial charge on any atom is -0.434 e. The Morgan fingerprint density at radius 2 is 1.85 bits per heavy atom. The fourth-order valence-corrected chi connectivity index (χ4v) is 2.47. The SMILES string of the molecule is Cn1nc(C(=O)NN=Cc2ccccc2OC(F)F)c2ccccc2c1=O. The summed E-state index contributed by atoms with van der Waals surface area (Å²) in [5.74, 6) is -0.721. The number of hydrogen-bond acceptors (Lipinski definition) is 5. The van der Waals surface area contributed by atoms with Crippen LogP contribution in [0.1, 0.15) is 16.1 Å². The number of fused-ring (bicyclic) bond motifs is 1. The number of hydrogen-bond donors (Lipinski definition) is 1. The lowest BCUT2D eigenvalue weighted by molar-refractivity contribution is -0.0499. The minimum atomic E-state index is -2.98. The van der Waals surface area contributed by atoms with Crippen molar-refractivity contribution in [2.45, 2.75) is 6.61 Å². The zero-order valence-electron chi connectivity index (χ0n) is 14.1. The van der Waals surface area contributed by atoms with E-state index in [-0.39, 0.29) is 22.6 Å². The average molecular weight is 372 g/mol. The minimum absolute atomic E-state index is 0.0157. The summed E-state index contributed by atoms with van der Waals surface area (Å²) in [6.07, 6.45) is 1.18. The number of ether oxygens (including phenoxy) is 1. The van der Waals surface area contributed by atoms with Crippen molar-refractivity contribution in [3.05, 3.63) is 70.1 Å². The Morgan fingerprint density at radius 3 is 2.59 bits per heavy atom. The quantitative estimate of drug-likeness (QED) is 0.550. The number of benzene rings is 2. The summed E-state index contributed by atoms with van der Waals surface area (Å²) in [6, 6.07) is 12.6. The number of nitrogens with zero attached hydrogens (tertiary/aromatic N) is 3. The van der Waals surface area contributed by atoms with E-state index in [1.165, 1.54) is 31.5 Å². The van der Waals surface area contributed by atoms with Gasteiger partial charge in [-0.1, -0.05) is 30.3 Å². The highest BCUT2D eigenvalue weighted by Crippen LogP contribution is 2.18.